The van der Waals surface area contributed by atoms with Gasteiger partial charge in [-0.25, -0.2) is 10.2 Å². The van der Waals surface area contributed by atoms with Crippen molar-refractivity contribution in [3.8, 4) is 39.8 Å². The van der Waals surface area contributed by atoms with Gasteiger partial charge in [-0.05, 0) is 71.7 Å². The average Bonchev–Trinajstić information content (AvgIpc) is 3.53. The summed E-state index contributed by atoms with van der Waals surface area (Å²) in [4.78, 5) is 14.2. The molecule has 0 fully saturated rings. The Kier molecular flexibility index (Phi) is 13.4. The Morgan fingerprint density at radius 1 is 0.836 bits per heavy atom. The van der Waals surface area contributed by atoms with Crippen LogP contribution in [0.2, 0.25) is 17.3 Å². The molecule has 0 amide bonds. The Bertz CT molecular complexity index is 2450. The van der Waals surface area contributed by atoms with Crippen LogP contribution >= 0.6 is 0 Å². The van der Waals surface area contributed by atoms with Gasteiger partial charge in [-0.3, -0.25) is 0 Å². The zero-order valence-corrected chi connectivity index (χ0v) is 38.1. The van der Waals surface area contributed by atoms with Gasteiger partial charge < -0.3 is 9.40 Å². The minimum Gasteiger partial charge on any atom is -0.486 e. The number of furan rings is 1. The molecule has 1 radical (unpaired) electrons. The summed E-state index contributed by atoms with van der Waals surface area (Å²) in [6, 6.07) is 35.3. The Morgan fingerprint density at radius 3 is 2.22 bits per heavy atom. The third-order valence-electron chi connectivity index (χ3n) is 10.2. The van der Waals surface area contributed by atoms with E-state index in [2.05, 4.69) is 138 Å². The van der Waals surface area contributed by atoms with E-state index in [4.69, 9.17) is 14.4 Å². The molecule has 0 saturated carbocycles. The second-order valence-electron chi connectivity index (χ2n) is 16.2. The average molecular weight is 964 g/mol. The fourth-order valence-corrected chi connectivity index (χ4v) is 10.4. The summed E-state index contributed by atoms with van der Waals surface area (Å²) in [5.41, 5.74) is 12.3. The van der Waals surface area contributed by atoms with Crippen LogP contribution in [0.25, 0.3) is 55.8 Å². The van der Waals surface area contributed by atoms with Crippen LogP contribution in [-0.4, -0.2) is 28.2 Å². The number of aromatic nitrogens is 3. The standard InChI is InChI=1S/C30H26N3O.C18H24GeN.Ir/c1-17(2)20(5)21-13-14-32-26(15-21)23-10-9-22(16-31)28-24-11-12-25(33-30(24)34-29(23)28)27-18(3)7-6-8-19(27)4;1-14(2)11-16-12-18(15-9-7-6-8-10-15)20-13-17(16)19(3,4)5;/h6-9,11-15,17,20H,1-5H3;6-9,12-14H,11H2,1-5H3;/q2*-1;. The number of fused-ring (bicyclic) bond motifs is 3. The van der Waals surface area contributed by atoms with E-state index >= 15 is 0 Å². The van der Waals surface area contributed by atoms with Gasteiger partial charge in [0.1, 0.15) is 0 Å². The van der Waals surface area contributed by atoms with Crippen LogP contribution in [0.1, 0.15) is 68.4 Å². The molecule has 7 rings (SSSR count). The number of nitrogens with zero attached hydrogens (tertiary/aromatic N) is 4. The molecule has 7 heteroatoms. The van der Waals surface area contributed by atoms with Crippen LogP contribution in [0.4, 0.5) is 0 Å². The second-order valence-corrected chi connectivity index (χ2v) is 26.7. The van der Waals surface area contributed by atoms with Crippen molar-refractivity contribution in [3.63, 3.8) is 0 Å². The normalized spacial score (nSPS) is 12.0. The van der Waals surface area contributed by atoms with Gasteiger partial charge in [0.2, 0.25) is 5.71 Å². The summed E-state index contributed by atoms with van der Waals surface area (Å²) >= 11 is -1.86. The minimum atomic E-state index is -1.86. The Morgan fingerprint density at radius 2 is 1.58 bits per heavy atom. The molecule has 0 bridgehead atoms. The van der Waals surface area contributed by atoms with E-state index in [9.17, 15) is 5.26 Å². The molecule has 0 saturated heterocycles. The predicted molar refractivity (Wildman–Crippen MR) is 226 cm³/mol. The quantitative estimate of drug-likeness (QED) is 0.112. The summed E-state index contributed by atoms with van der Waals surface area (Å²) < 4.78 is 7.88. The molecule has 4 aromatic heterocycles. The summed E-state index contributed by atoms with van der Waals surface area (Å²) in [7, 11) is 0. The van der Waals surface area contributed by atoms with Crippen LogP contribution in [0.3, 0.4) is 0 Å². The zero-order chi connectivity index (χ0) is 38.7. The molecule has 283 valence electrons. The van der Waals surface area contributed by atoms with Crippen molar-refractivity contribution < 1.29 is 24.5 Å². The minimum absolute atomic E-state index is 0. The Balaban J connectivity index is 0.000000237. The van der Waals surface area contributed by atoms with Crippen LogP contribution in [0.15, 0.2) is 95.7 Å². The van der Waals surface area contributed by atoms with Crippen molar-refractivity contribution in [2.24, 2.45) is 11.8 Å². The van der Waals surface area contributed by atoms with E-state index in [-0.39, 0.29) is 20.1 Å². The van der Waals surface area contributed by atoms with E-state index in [1.165, 1.54) is 11.1 Å². The zero-order valence-electron chi connectivity index (χ0n) is 33.6. The van der Waals surface area contributed by atoms with Gasteiger partial charge in [-0.15, -0.1) is 12.1 Å². The van der Waals surface area contributed by atoms with Crippen molar-refractivity contribution in [1.29, 1.82) is 5.26 Å². The molecule has 0 aliphatic heterocycles. The molecule has 0 aliphatic carbocycles. The monoisotopic (exact) mass is 965 g/mol. The van der Waals surface area contributed by atoms with Gasteiger partial charge in [-0.1, -0.05) is 56.2 Å². The van der Waals surface area contributed by atoms with Crippen LogP contribution in [0.5, 0.6) is 0 Å². The molecular weight excluding hydrogens is 913 g/mol. The Hall–Kier alpha value is -4.41. The maximum atomic E-state index is 9.81. The van der Waals surface area contributed by atoms with Gasteiger partial charge in [0, 0.05) is 43.3 Å². The van der Waals surface area contributed by atoms with Crippen molar-refractivity contribution in [1.82, 2.24) is 15.0 Å². The van der Waals surface area contributed by atoms with Crippen molar-refractivity contribution in [2.45, 2.75) is 78.1 Å². The molecule has 0 aliphatic rings. The molecule has 55 heavy (non-hydrogen) atoms. The number of pyridine rings is 3. The smallest absolute Gasteiger partial charge is 0.216 e. The number of hydrogen-bond donors (Lipinski definition) is 0. The molecule has 7 aromatic rings. The molecule has 3 aromatic carbocycles. The summed E-state index contributed by atoms with van der Waals surface area (Å²) in [6.45, 7) is 15.4. The third kappa shape index (κ3) is 9.18. The molecule has 0 N–H and O–H groups in total. The largest absolute Gasteiger partial charge is 0.486 e. The van der Waals surface area contributed by atoms with Gasteiger partial charge in [0.15, 0.2) is 0 Å². The Labute approximate surface area is 343 Å². The predicted octanol–water partition coefficient (Wildman–Crippen LogP) is 12.0. The molecule has 5 nitrogen and oxygen atoms in total. The maximum absolute atomic E-state index is 9.81. The number of aryl methyl sites for hydroxylation is 2. The summed E-state index contributed by atoms with van der Waals surface area (Å²) in [6.07, 6.45) is 5.11. The first-order valence-corrected chi connectivity index (χ1v) is 26.3. The van der Waals surface area contributed by atoms with Gasteiger partial charge >= 0.3 is 126 Å². The van der Waals surface area contributed by atoms with E-state index < -0.39 is 13.3 Å². The molecule has 0 spiro atoms. The fourth-order valence-electron chi connectivity index (χ4n) is 7.07. The molecular formula is C48H50GeIrN4O-2. The molecule has 1 unspecified atom stereocenters. The van der Waals surface area contributed by atoms with E-state index in [1.807, 2.05) is 36.5 Å². The van der Waals surface area contributed by atoms with Crippen molar-refractivity contribution in [3.05, 3.63) is 131 Å². The van der Waals surface area contributed by atoms with E-state index in [0.717, 1.165) is 62.1 Å². The first-order valence-electron chi connectivity index (χ1n) is 18.9. The van der Waals surface area contributed by atoms with Crippen LogP contribution in [-0.2, 0) is 26.5 Å². The summed E-state index contributed by atoms with van der Waals surface area (Å²) in [5, 5.41) is 11.4. The van der Waals surface area contributed by atoms with Crippen molar-refractivity contribution in [2.75, 3.05) is 0 Å². The first-order chi connectivity index (χ1) is 25.8. The van der Waals surface area contributed by atoms with Crippen LogP contribution < -0.4 is 4.40 Å². The number of hydrogen-bond acceptors (Lipinski definition) is 5. The maximum Gasteiger partial charge on any atom is 0.216 e. The number of rotatable bonds is 8. The van der Waals surface area contributed by atoms with Crippen molar-refractivity contribution >= 4 is 39.7 Å². The number of benzene rings is 3. The summed E-state index contributed by atoms with van der Waals surface area (Å²) in [5.74, 6) is 8.90. The van der Waals surface area contributed by atoms with E-state index in [1.54, 1.807) is 10.5 Å². The molecule has 1 atom stereocenters. The topological polar surface area (TPSA) is 75.6 Å². The van der Waals surface area contributed by atoms with E-state index in [0.29, 0.717) is 34.6 Å². The van der Waals surface area contributed by atoms with Gasteiger partial charge in [0.05, 0.1) is 11.3 Å². The SMILES string of the molecule is CC(C)Cc1cc(-c2[c-]cccc2)nc[c]1[Ge]([CH3])([CH3])[CH3].Cc1cccc(C)c1-c1ccc2c(n1)oc1c(-c3cc(C(C)C(C)C)ccn3)[c-]cc(C#N)c12.[Ir]. The second kappa shape index (κ2) is 17.6. The van der Waals surface area contributed by atoms with Gasteiger partial charge in [-0.2, -0.15) is 0 Å². The molecule has 4 heterocycles. The van der Waals surface area contributed by atoms with Gasteiger partial charge in [0.25, 0.3) is 0 Å². The third-order valence-corrected chi connectivity index (χ3v) is 14.6. The fraction of sp³-hybridized carbons (Fsp3) is 0.292. The number of nitriles is 1. The first kappa shape index (κ1) is 41.7. The van der Waals surface area contributed by atoms with Crippen LogP contribution in [0, 0.1) is 49.1 Å².